The highest BCUT2D eigenvalue weighted by Crippen LogP contribution is 2.32. The fraction of sp³-hybridized carbons (Fsp3) is 0.0909. The number of hydrogen-bond acceptors (Lipinski definition) is 4. The molecule has 5 heteroatoms. The molecule has 0 bridgehead atoms. The van der Waals surface area contributed by atoms with Gasteiger partial charge in [-0.15, -0.1) is 4.36 Å². The van der Waals surface area contributed by atoms with E-state index in [9.17, 15) is 8.42 Å². The molecule has 2 aromatic rings. The molecule has 0 aromatic heterocycles. The molecule has 2 aromatic carbocycles. The highest BCUT2D eigenvalue weighted by Gasteiger charge is 2.04. The topological polar surface area (TPSA) is 55.7 Å². The van der Waals surface area contributed by atoms with Crippen molar-refractivity contribution in [2.24, 2.45) is 4.36 Å². The molecule has 2 rings (SSSR count). The first-order valence-corrected chi connectivity index (χ1v) is 5.62. The molecule has 0 spiro atoms. The molecule has 0 unspecified atom stereocenters. The number of ether oxygens (including phenoxy) is 1. The molecule has 16 heavy (non-hydrogen) atoms. The van der Waals surface area contributed by atoms with E-state index in [0.717, 1.165) is 10.8 Å². The van der Waals surface area contributed by atoms with Gasteiger partial charge in [0.15, 0.2) is 0 Å². The van der Waals surface area contributed by atoms with Gasteiger partial charge in [0.25, 0.3) is 0 Å². The van der Waals surface area contributed by atoms with Crippen molar-refractivity contribution in [3.63, 3.8) is 0 Å². The van der Waals surface area contributed by atoms with E-state index in [-0.39, 0.29) is 0 Å². The zero-order valence-electron chi connectivity index (χ0n) is 8.54. The van der Waals surface area contributed by atoms with E-state index in [1.807, 2.05) is 24.3 Å². The smallest absolute Gasteiger partial charge is 0.316 e. The molecule has 0 fully saturated rings. The molecular formula is C11H9NO3S. The molecule has 0 saturated heterocycles. The predicted molar refractivity (Wildman–Crippen MR) is 61.5 cm³/mol. The average molecular weight is 235 g/mol. The van der Waals surface area contributed by atoms with Gasteiger partial charge < -0.3 is 4.74 Å². The van der Waals surface area contributed by atoms with Gasteiger partial charge in [0.1, 0.15) is 5.75 Å². The van der Waals surface area contributed by atoms with Crippen LogP contribution in [0.1, 0.15) is 0 Å². The zero-order valence-corrected chi connectivity index (χ0v) is 9.36. The van der Waals surface area contributed by atoms with Gasteiger partial charge in [-0.3, -0.25) is 0 Å². The van der Waals surface area contributed by atoms with Crippen LogP contribution in [0.3, 0.4) is 0 Å². The molecule has 82 valence electrons. The zero-order chi connectivity index (χ0) is 11.5. The molecule has 0 heterocycles. The van der Waals surface area contributed by atoms with E-state index in [1.165, 1.54) is 0 Å². The van der Waals surface area contributed by atoms with Crippen LogP contribution in [0.25, 0.3) is 10.8 Å². The number of rotatable bonds is 2. The predicted octanol–water partition coefficient (Wildman–Crippen LogP) is 2.54. The number of benzene rings is 2. The Hall–Kier alpha value is -1.88. The molecule has 0 aliphatic heterocycles. The maximum absolute atomic E-state index is 10.6. The van der Waals surface area contributed by atoms with E-state index in [1.54, 1.807) is 19.2 Å². The quantitative estimate of drug-likeness (QED) is 0.803. The number of methoxy groups -OCH3 is 1. The minimum Gasteiger partial charge on any atom is -0.496 e. The summed E-state index contributed by atoms with van der Waals surface area (Å²) in [7, 11) is -0.873. The Bertz CT molecular complexity index is 654. The van der Waals surface area contributed by atoms with E-state index in [2.05, 4.69) is 4.36 Å². The molecule has 0 amide bonds. The minimum atomic E-state index is -2.45. The van der Waals surface area contributed by atoms with Gasteiger partial charge in [-0.1, -0.05) is 24.3 Å². The molecule has 0 aliphatic rings. The van der Waals surface area contributed by atoms with Crippen LogP contribution in [-0.4, -0.2) is 15.5 Å². The summed E-state index contributed by atoms with van der Waals surface area (Å²) in [5.74, 6) is 0.700. The SMILES string of the molecule is COc1ccc(N=S(=O)=O)c2ccccc12. The first-order valence-electron chi connectivity index (χ1n) is 4.59. The second kappa shape index (κ2) is 4.32. The maximum Gasteiger partial charge on any atom is 0.316 e. The van der Waals surface area contributed by atoms with Crippen LogP contribution in [0.5, 0.6) is 5.75 Å². The monoisotopic (exact) mass is 235 g/mol. The van der Waals surface area contributed by atoms with Crippen LogP contribution in [-0.2, 0) is 10.5 Å². The number of hydrogen-bond donors (Lipinski definition) is 0. The van der Waals surface area contributed by atoms with Crippen molar-refractivity contribution in [1.29, 1.82) is 0 Å². The van der Waals surface area contributed by atoms with Crippen molar-refractivity contribution < 1.29 is 13.2 Å². The summed E-state index contributed by atoms with van der Waals surface area (Å²) >= 11 is 0. The van der Waals surface area contributed by atoms with Gasteiger partial charge >= 0.3 is 10.5 Å². The fourth-order valence-corrected chi connectivity index (χ4v) is 1.91. The third-order valence-electron chi connectivity index (χ3n) is 2.25. The second-order valence-corrected chi connectivity index (χ2v) is 3.76. The van der Waals surface area contributed by atoms with Gasteiger partial charge in [-0.05, 0) is 12.1 Å². The van der Waals surface area contributed by atoms with E-state index in [0.29, 0.717) is 11.4 Å². The second-order valence-electron chi connectivity index (χ2n) is 3.14. The molecular weight excluding hydrogens is 226 g/mol. The van der Waals surface area contributed by atoms with Crippen LogP contribution in [0.4, 0.5) is 5.69 Å². The Labute approximate surface area is 94.2 Å². The first kappa shape index (κ1) is 10.6. The summed E-state index contributed by atoms with van der Waals surface area (Å²) in [5.41, 5.74) is 0.421. The summed E-state index contributed by atoms with van der Waals surface area (Å²) in [5, 5.41) is 1.60. The molecule has 0 N–H and O–H groups in total. The van der Waals surface area contributed by atoms with Crippen molar-refractivity contribution in [3.05, 3.63) is 36.4 Å². The van der Waals surface area contributed by atoms with Gasteiger partial charge in [-0.25, -0.2) is 0 Å². The summed E-state index contributed by atoms with van der Waals surface area (Å²) in [6.07, 6.45) is 0. The Morgan fingerprint density at radius 1 is 1.06 bits per heavy atom. The lowest BCUT2D eigenvalue weighted by Gasteiger charge is -2.06. The van der Waals surface area contributed by atoms with E-state index in [4.69, 9.17) is 4.74 Å². The lowest BCUT2D eigenvalue weighted by atomic mass is 10.1. The third-order valence-corrected chi connectivity index (χ3v) is 2.60. The molecule has 0 atom stereocenters. The highest BCUT2D eigenvalue weighted by atomic mass is 32.2. The van der Waals surface area contributed by atoms with Crippen molar-refractivity contribution in [3.8, 4) is 5.75 Å². The lowest BCUT2D eigenvalue weighted by molar-refractivity contribution is 0.420. The van der Waals surface area contributed by atoms with Crippen LogP contribution in [0.15, 0.2) is 40.8 Å². The maximum atomic E-state index is 10.6. The summed E-state index contributed by atoms with van der Waals surface area (Å²) < 4.78 is 29.9. The third kappa shape index (κ3) is 1.90. The summed E-state index contributed by atoms with van der Waals surface area (Å²) in [6.45, 7) is 0. The Morgan fingerprint density at radius 2 is 1.75 bits per heavy atom. The number of fused-ring (bicyclic) bond motifs is 1. The number of nitrogens with zero attached hydrogens (tertiary/aromatic N) is 1. The standard InChI is InChI=1S/C11H9NO3S/c1-15-11-7-6-10(12-16(13)14)8-4-2-3-5-9(8)11/h2-7H,1H3. The van der Waals surface area contributed by atoms with Crippen LogP contribution in [0, 0.1) is 0 Å². The lowest BCUT2D eigenvalue weighted by Crippen LogP contribution is -1.84. The van der Waals surface area contributed by atoms with Crippen LogP contribution >= 0.6 is 0 Å². The van der Waals surface area contributed by atoms with Crippen LogP contribution in [0.2, 0.25) is 0 Å². The van der Waals surface area contributed by atoms with Gasteiger partial charge in [0.2, 0.25) is 0 Å². The van der Waals surface area contributed by atoms with Gasteiger partial charge in [-0.2, -0.15) is 8.42 Å². The molecule has 0 radical (unpaired) electrons. The minimum absolute atomic E-state index is 0.421. The highest BCUT2D eigenvalue weighted by molar-refractivity contribution is 7.61. The fourth-order valence-electron chi connectivity index (χ4n) is 1.59. The van der Waals surface area contributed by atoms with Gasteiger partial charge in [0, 0.05) is 10.8 Å². The van der Waals surface area contributed by atoms with Gasteiger partial charge in [0.05, 0.1) is 12.8 Å². The average Bonchev–Trinajstić information content (AvgIpc) is 2.29. The summed E-state index contributed by atoms with van der Waals surface area (Å²) in [4.78, 5) is 0. The molecule has 0 aliphatic carbocycles. The van der Waals surface area contributed by atoms with Crippen molar-refractivity contribution in [2.45, 2.75) is 0 Å². The Kier molecular flexibility index (Phi) is 2.87. The van der Waals surface area contributed by atoms with Crippen LogP contribution < -0.4 is 4.74 Å². The Morgan fingerprint density at radius 3 is 2.38 bits per heavy atom. The Balaban J connectivity index is 2.84. The normalized spacial score (nSPS) is 10.1. The van der Waals surface area contributed by atoms with E-state index < -0.39 is 10.5 Å². The van der Waals surface area contributed by atoms with Crippen molar-refractivity contribution >= 4 is 27.0 Å². The molecule has 4 nitrogen and oxygen atoms in total. The van der Waals surface area contributed by atoms with E-state index >= 15 is 0 Å². The van der Waals surface area contributed by atoms with Crippen molar-refractivity contribution in [2.75, 3.05) is 7.11 Å². The molecule has 0 saturated carbocycles. The largest absolute Gasteiger partial charge is 0.496 e. The van der Waals surface area contributed by atoms with Crippen molar-refractivity contribution in [1.82, 2.24) is 0 Å². The first-order chi connectivity index (χ1) is 7.72. The summed E-state index contributed by atoms with van der Waals surface area (Å²) in [6, 6.07) is 10.7.